The summed E-state index contributed by atoms with van der Waals surface area (Å²) in [5.41, 5.74) is 0.393. The maximum atomic E-state index is 12.0. The number of rotatable bonds is 2. The van der Waals surface area contributed by atoms with Gasteiger partial charge < -0.3 is 5.32 Å². The molecule has 1 N–H and O–H groups in total. The summed E-state index contributed by atoms with van der Waals surface area (Å²) < 4.78 is 0. The van der Waals surface area contributed by atoms with Crippen molar-refractivity contribution in [1.82, 2.24) is 5.32 Å². The molecule has 1 aromatic carbocycles. The first-order valence-corrected chi connectivity index (χ1v) is 6.53. The third-order valence-corrected chi connectivity index (χ3v) is 3.72. The lowest BCUT2D eigenvalue weighted by Crippen LogP contribution is -2.37. The summed E-state index contributed by atoms with van der Waals surface area (Å²) in [7, 11) is 0. The lowest BCUT2D eigenvalue weighted by molar-refractivity contribution is 0.0933. The molecule has 0 aromatic heterocycles. The minimum atomic E-state index is -0.246. The van der Waals surface area contributed by atoms with E-state index in [-0.39, 0.29) is 17.9 Å². The molecule has 2 rings (SSSR count). The van der Waals surface area contributed by atoms with Crippen molar-refractivity contribution < 1.29 is 4.79 Å². The van der Waals surface area contributed by atoms with Crippen LogP contribution in [0, 0.1) is 17.2 Å². The number of hydrogen-bond acceptors (Lipinski definition) is 2. The predicted octanol–water partition coefficient (Wildman–Crippen LogP) is 3.42. The highest BCUT2D eigenvalue weighted by molar-refractivity contribution is 6.36. The molecule has 18 heavy (non-hydrogen) atoms. The second-order valence-electron chi connectivity index (χ2n) is 4.37. The zero-order valence-electron chi connectivity index (χ0n) is 9.62. The minimum Gasteiger partial charge on any atom is -0.348 e. The van der Waals surface area contributed by atoms with Gasteiger partial charge in [0.05, 0.1) is 22.6 Å². The van der Waals surface area contributed by atoms with E-state index in [2.05, 4.69) is 11.4 Å². The van der Waals surface area contributed by atoms with Crippen LogP contribution in [0.2, 0.25) is 10.0 Å². The van der Waals surface area contributed by atoms with Crippen LogP contribution >= 0.6 is 23.2 Å². The van der Waals surface area contributed by atoms with E-state index in [1.165, 1.54) is 6.07 Å². The Morgan fingerprint density at radius 1 is 1.39 bits per heavy atom. The van der Waals surface area contributed by atoms with E-state index in [9.17, 15) is 4.79 Å². The Balaban J connectivity index is 2.10. The van der Waals surface area contributed by atoms with Crippen molar-refractivity contribution in [2.45, 2.75) is 25.3 Å². The fourth-order valence-corrected chi connectivity index (χ4v) is 2.70. The van der Waals surface area contributed by atoms with Crippen molar-refractivity contribution >= 4 is 29.1 Å². The molecular weight excluding hydrogens is 271 g/mol. The summed E-state index contributed by atoms with van der Waals surface area (Å²) in [4.78, 5) is 12.0. The summed E-state index contributed by atoms with van der Waals surface area (Å²) in [5.74, 6) is -0.344. The molecule has 0 radical (unpaired) electrons. The first kappa shape index (κ1) is 13.2. The van der Waals surface area contributed by atoms with Gasteiger partial charge in [-0.25, -0.2) is 0 Å². The van der Waals surface area contributed by atoms with Gasteiger partial charge >= 0.3 is 0 Å². The number of carbonyl (C=O) groups is 1. The van der Waals surface area contributed by atoms with Crippen LogP contribution in [0.5, 0.6) is 0 Å². The molecule has 1 aromatic rings. The van der Waals surface area contributed by atoms with Gasteiger partial charge in [-0.05, 0) is 37.5 Å². The molecule has 5 heteroatoms. The Hall–Kier alpha value is -1.24. The van der Waals surface area contributed by atoms with Crippen molar-refractivity contribution in [3.8, 4) is 6.07 Å². The SMILES string of the molecule is N#CC1CCCC1NC(=O)c1ccc(Cl)cc1Cl. The molecule has 0 saturated heterocycles. The Morgan fingerprint density at radius 3 is 2.83 bits per heavy atom. The topological polar surface area (TPSA) is 52.9 Å². The van der Waals surface area contributed by atoms with E-state index in [1.807, 2.05) is 0 Å². The van der Waals surface area contributed by atoms with Gasteiger partial charge in [0.2, 0.25) is 0 Å². The number of halogens is 2. The Morgan fingerprint density at radius 2 is 2.17 bits per heavy atom. The van der Waals surface area contributed by atoms with Gasteiger partial charge in [-0.3, -0.25) is 4.79 Å². The number of nitrogens with one attached hydrogen (secondary N) is 1. The summed E-state index contributed by atoms with van der Waals surface area (Å²) in [6.45, 7) is 0. The van der Waals surface area contributed by atoms with E-state index in [1.54, 1.807) is 12.1 Å². The van der Waals surface area contributed by atoms with Crippen LogP contribution < -0.4 is 5.32 Å². The molecule has 0 aliphatic heterocycles. The first-order valence-electron chi connectivity index (χ1n) is 5.77. The smallest absolute Gasteiger partial charge is 0.253 e. The molecular formula is C13H12Cl2N2O. The number of benzene rings is 1. The molecule has 2 unspecified atom stereocenters. The monoisotopic (exact) mass is 282 g/mol. The van der Waals surface area contributed by atoms with Crippen molar-refractivity contribution in [2.24, 2.45) is 5.92 Å². The normalized spacial score (nSPS) is 22.5. The number of hydrogen-bond donors (Lipinski definition) is 1. The largest absolute Gasteiger partial charge is 0.348 e. The van der Waals surface area contributed by atoms with E-state index in [0.29, 0.717) is 15.6 Å². The third-order valence-electron chi connectivity index (χ3n) is 3.17. The molecule has 2 atom stereocenters. The molecule has 1 aliphatic carbocycles. The van der Waals surface area contributed by atoms with E-state index in [4.69, 9.17) is 28.5 Å². The molecule has 1 saturated carbocycles. The van der Waals surface area contributed by atoms with Crippen LogP contribution in [-0.4, -0.2) is 11.9 Å². The molecule has 1 amide bonds. The van der Waals surface area contributed by atoms with Crippen molar-refractivity contribution in [3.63, 3.8) is 0 Å². The molecule has 0 bridgehead atoms. The first-order chi connectivity index (χ1) is 8.61. The summed E-state index contributed by atoms with van der Waals surface area (Å²) in [6.07, 6.45) is 2.66. The van der Waals surface area contributed by atoms with Gasteiger partial charge in [0.1, 0.15) is 0 Å². The average molecular weight is 283 g/mol. The van der Waals surface area contributed by atoms with Crippen LogP contribution in [0.25, 0.3) is 0 Å². The average Bonchev–Trinajstić information content (AvgIpc) is 2.76. The number of carbonyl (C=O) groups excluding carboxylic acids is 1. The Kier molecular flexibility index (Phi) is 4.11. The fourth-order valence-electron chi connectivity index (χ4n) is 2.21. The molecule has 0 heterocycles. The summed E-state index contributed by atoms with van der Waals surface area (Å²) in [6, 6.07) is 6.90. The van der Waals surface area contributed by atoms with Gasteiger partial charge in [0.25, 0.3) is 5.91 Å². The van der Waals surface area contributed by atoms with Crippen LogP contribution in [0.1, 0.15) is 29.6 Å². The molecule has 1 aliphatic rings. The van der Waals surface area contributed by atoms with E-state index < -0.39 is 0 Å². The van der Waals surface area contributed by atoms with Gasteiger partial charge in [0, 0.05) is 11.1 Å². The molecule has 1 fully saturated rings. The Labute approximate surface area is 116 Å². The summed E-state index contributed by atoms with van der Waals surface area (Å²) >= 11 is 11.7. The van der Waals surface area contributed by atoms with Gasteiger partial charge in [-0.2, -0.15) is 5.26 Å². The number of nitriles is 1. The van der Waals surface area contributed by atoms with Crippen molar-refractivity contribution in [2.75, 3.05) is 0 Å². The highest BCUT2D eigenvalue weighted by atomic mass is 35.5. The standard InChI is InChI=1S/C13H12Cl2N2O/c14-9-4-5-10(11(15)6-9)13(18)17-12-3-1-2-8(12)7-16/h4-6,8,12H,1-3H2,(H,17,18). The maximum Gasteiger partial charge on any atom is 0.253 e. The van der Waals surface area contributed by atoms with Gasteiger partial charge in [-0.15, -0.1) is 0 Å². The van der Waals surface area contributed by atoms with Crippen molar-refractivity contribution in [3.05, 3.63) is 33.8 Å². The van der Waals surface area contributed by atoms with Crippen LogP contribution in [-0.2, 0) is 0 Å². The number of amides is 1. The fraction of sp³-hybridized carbons (Fsp3) is 0.385. The highest BCUT2D eigenvalue weighted by Crippen LogP contribution is 2.26. The zero-order valence-corrected chi connectivity index (χ0v) is 11.1. The van der Waals surface area contributed by atoms with Gasteiger partial charge in [0.15, 0.2) is 0 Å². The molecule has 0 spiro atoms. The maximum absolute atomic E-state index is 12.0. The quantitative estimate of drug-likeness (QED) is 0.904. The third kappa shape index (κ3) is 2.77. The second-order valence-corrected chi connectivity index (χ2v) is 5.21. The van der Waals surface area contributed by atoms with Crippen LogP contribution in [0.15, 0.2) is 18.2 Å². The van der Waals surface area contributed by atoms with Crippen LogP contribution in [0.4, 0.5) is 0 Å². The highest BCUT2D eigenvalue weighted by Gasteiger charge is 2.29. The predicted molar refractivity (Wildman–Crippen MR) is 70.7 cm³/mol. The lowest BCUT2D eigenvalue weighted by Gasteiger charge is -2.16. The zero-order chi connectivity index (χ0) is 13.1. The van der Waals surface area contributed by atoms with E-state index in [0.717, 1.165) is 19.3 Å². The minimum absolute atomic E-state index is 0.0748. The Bertz CT molecular complexity index is 510. The van der Waals surface area contributed by atoms with Gasteiger partial charge in [-0.1, -0.05) is 23.2 Å². The van der Waals surface area contributed by atoms with Crippen LogP contribution in [0.3, 0.4) is 0 Å². The molecule has 3 nitrogen and oxygen atoms in total. The van der Waals surface area contributed by atoms with Crippen molar-refractivity contribution in [1.29, 1.82) is 5.26 Å². The summed E-state index contributed by atoms with van der Waals surface area (Å²) in [5, 5.41) is 12.7. The molecule has 94 valence electrons. The second kappa shape index (κ2) is 5.60. The van der Waals surface area contributed by atoms with E-state index >= 15 is 0 Å². The lowest BCUT2D eigenvalue weighted by atomic mass is 10.1. The number of nitrogens with zero attached hydrogens (tertiary/aromatic N) is 1.